The number of nitrogens with one attached hydrogen (secondary N) is 1. The molecule has 5 heteroatoms. The first-order chi connectivity index (χ1) is 12.7. The van der Waals surface area contributed by atoms with Gasteiger partial charge in [-0.25, -0.2) is 0 Å². The van der Waals surface area contributed by atoms with Gasteiger partial charge in [0.05, 0.1) is 6.10 Å². The molecule has 4 unspecified atom stereocenters. The van der Waals surface area contributed by atoms with Gasteiger partial charge in [0.1, 0.15) is 0 Å². The summed E-state index contributed by atoms with van der Waals surface area (Å²) in [4.78, 5) is 10.0. The summed E-state index contributed by atoms with van der Waals surface area (Å²) < 4.78 is 6.16. The van der Waals surface area contributed by atoms with Gasteiger partial charge >= 0.3 is 0 Å². The van der Waals surface area contributed by atoms with Crippen molar-refractivity contribution >= 4 is 5.96 Å². The van der Waals surface area contributed by atoms with Crippen LogP contribution in [0.3, 0.4) is 0 Å². The Labute approximate surface area is 159 Å². The number of rotatable bonds is 5. The fourth-order valence-electron chi connectivity index (χ4n) is 6.40. The molecule has 2 saturated carbocycles. The lowest BCUT2D eigenvalue weighted by Crippen LogP contribution is -2.69. The molecular formula is C21H38N4O. The maximum Gasteiger partial charge on any atom is 0.194 e. The first-order valence-electron chi connectivity index (χ1n) is 11.1. The Morgan fingerprint density at radius 3 is 2.65 bits per heavy atom. The van der Waals surface area contributed by atoms with Gasteiger partial charge in [-0.3, -0.25) is 9.89 Å². The highest BCUT2D eigenvalue weighted by Gasteiger charge is 2.65. The van der Waals surface area contributed by atoms with Gasteiger partial charge in [-0.05, 0) is 45.7 Å². The number of fused-ring (bicyclic) bond motifs is 2. The van der Waals surface area contributed by atoms with Crippen LogP contribution in [0.2, 0.25) is 0 Å². The van der Waals surface area contributed by atoms with Gasteiger partial charge in [0.2, 0.25) is 0 Å². The molecule has 148 valence electrons. The molecule has 1 N–H and O–H groups in total. The van der Waals surface area contributed by atoms with Crippen LogP contribution in [0.4, 0.5) is 0 Å². The van der Waals surface area contributed by atoms with E-state index in [1.165, 1.54) is 44.5 Å². The zero-order chi connectivity index (χ0) is 18.1. The second-order valence-electron chi connectivity index (χ2n) is 8.71. The Morgan fingerprint density at radius 1 is 1.19 bits per heavy atom. The molecule has 0 aromatic rings. The average molecular weight is 363 g/mol. The van der Waals surface area contributed by atoms with Crippen molar-refractivity contribution in [1.29, 1.82) is 0 Å². The molecular weight excluding hydrogens is 324 g/mol. The van der Waals surface area contributed by atoms with Crippen molar-refractivity contribution in [3.63, 3.8) is 0 Å². The van der Waals surface area contributed by atoms with Gasteiger partial charge in [0, 0.05) is 49.7 Å². The van der Waals surface area contributed by atoms with Gasteiger partial charge in [-0.2, -0.15) is 0 Å². The second kappa shape index (κ2) is 7.67. The van der Waals surface area contributed by atoms with Crippen LogP contribution in [0, 0.1) is 11.3 Å². The van der Waals surface area contributed by atoms with E-state index in [2.05, 4.69) is 35.9 Å². The Bertz CT molecular complexity index is 512. The molecule has 4 fully saturated rings. The van der Waals surface area contributed by atoms with Crippen LogP contribution in [0.25, 0.3) is 0 Å². The summed E-state index contributed by atoms with van der Waals surface area (Å²) in [5.74, 6) is 1.88. The maximum absolute atomic E-state index is 6.16. The first kappa shape index (κ1) is 18.5. The van der Waals surface area contributed by atoms with Crippen molar-refractivity contribution in [2.24, 2.45) is 16.3 Å². The lowest BCUT2D eigenvalue weighted by Gasteiger charge is -2.57. The lowest BCUT2D eigenvalue weighted by molar-refractivity contribution is -0.125. The molecule has 2 saturated heterocycles. The van der Waals surface area contributed by atoms with E-state index in [9.17, 15) is 0 Å². The third-order valence-corrected chi connectivity index (χ3v) is 7.67. The van der Waals surface area contributed by atoms with E-state index in [0.29, 0.717) is 29.5 Å². The lowest BCUT2D eigenvalue weighted by atomic mass is 9.54. The van der Waals surface area contributed by atoms with E-state index in [1.54, 1.807) is 0 Å². The van der Waals surface area contributed by atoms with Crippen LogP contribution in [0.5, 0.6) is 0 Å². The summed E-state index contributed by atoms with van der Waals surface area (Å²) in [6, 6.07) is 1.26. The number of likely N-dealkylation sites (N-methyl/N-ethyl adjacent to an activating group) is 1. The summed E-state index contributed by atoms with van der Waals surface area (Å²) in [5.41, 5.74) is 0.397. The topological polar surface area (TPSA) is 40.1 Å². The standard InChI is InChI=1S/C21H38N4O/c1-4-22-20(25-13-9-16(15-25)24(5-2)6-3)23-18-17-10-14-26-19(17)21(18)11-7-8-12-21/h16-19H,4-15H2,1-3H3,(H,22,23). The minimum atomic E-state index is 0.397. The Kier molecular flexibility index (Phi) is 5.47. The minimum absolute atomic E-state index is 0.397. The summed E-state index contributed by atoms with van der Waals surface area (Å²) in [7, 11) is 0. The molecule has 2 aliphatic carbocycles. The molecule has 26 heavy (non-hydrogen) atoms. The molecule has 2 aliphatic heterocycles. The van der Waals surface area contributed by atoms with E-state index in [-0.39, 0.29) is 0 Å². The van der Waals surface area contributed by atoms with Gasteiger partial charge < -0.3 is 15.0 Å². The van der Waals surface area contributed by atoms with Crippen LogP contribution >= 0.6 is 0 Å². The highest BCUT2D eigenvalue weighted by molar-refractivity contribution is 5.81. The molecule has 0 radical (unpaired) electrons. The number of nitrogens with zero attached hydrogens (tertiary/aromatic N) is 3. The highest BCUT2D eigenvalue weighted by Crippen LogP contribution is 2.60. The quantitative estimate of drug-likeness (QED) is 0.603. The van der Waals surface area contributed by atoms with Crippen molar-refractivity contribution < 1.29 is 4.74 Å². The van der Waals surface area contributed by atoms with Crippen molar-refractivity contribution in [3.8, 4) is 0 Å². The number of ether oxygens (including phenoxy) is 1. The maximum atomic E-state index is 6.16. The zero-order valence-electron chi connectivity index (χ0n) is 17.0. The largest absolute Gasteiger partial charge is 0.377 e. The summed E-state index contributed by atoms with van der Waals surface area (Å²) in [5, 5.41) is 3.97. The number of hydrogen-bond acceptors (Lipinski definition) is 3. The van der Waals surface area contributed by atoms with Crippen LogP contribution in [0.15, 0.2) is 4.99 Å². The number of guanidine groups is 1. The van der Waals surface area contributed by atoms with Crippen LogP contribution in [0.1, 0.15) is 59.3 Å². The minimum Gasteiger partial charge on any atom is -0.377 e. The van der Waals surface area contributed by atoms with Crippen molar-refractivity contribution in [3.05, 3.63) is 0 Å². The van der Waals surface area contributed by atoms with E-state index in [1.807, 2.05) is 0 Å². The Hall–Kier alpha value is -0.810. The SMILES string of the molecule is CCN=C(NC1C2CCOC2C12CCCC2)N1CCC(N(CC)CC)C1. The van der Waals surface area contributed by atoms with Gasteiger partial charge in [-0.1, -0.05) is 26.7 Å². The normalized spacial score (nSPS) is 36.0. The van der Waals surface area contributed by atoms with Crippen molar-refractivity contribution in [2.75, 3.05) is 39.3 Å². The fourth-order valence-corrected chi connectivity index (χ4v) is 6.40. The number of aliphatic imine (C=N–C) groups is 1. The molecule has 0 aromatic carbocycles. The molecule has 4 aliphatic rings. The molecule has 0 bridgehead atoms. The Balaban J connectivity index is 1.45. The number of likely N-dealkylation sites (tertiary alicyclic amines) is 1. The van der Waals surface area contributed by atoms with E-state index < -0.39 is 0 Å². The third kappa shape index (κ3) is 2.95. The van der Waals surface area contributed by atoms with Crippen LogP contribution in [-0.2, 0) is 4.74 Å². The Morgan fingerprint density at radius 2 is 1.96 bits per heavy atom. The summed E-state index contributed by atoms with van der Waals surface area (Å²) in [6.45, 7) is 13.1. The molecule has 0 amide bonds. The van der Waals surface area contributed by atoms with Crippen LogP contribution < -0.4 is 5.32 Å². The van der Waals surface area contributed by atoms with Crippen molar-refractivity contribution in [2.45, 2.75) is 77.5 Å². The van der Waals surface area contributed by atoms with Crippen LogP contribution in [-0.4, -0.2) is 73.3 Å². The summed E-state index contributed by atoms with van der Waals surface area (Å²) >= 11 is 0. The molecule has 4 atom stereocenters. The van der Waals surface area contributed by atoms with E-state index >= 15 is 0 Å². The molecule has 4 rings (SSSR count). The fraction of sp³-hybridized carbons (Fsp3) is 0.952. The zero-order valence-corrected chi connectivity index (χ0v) is 17.0. The molecule has 2 heterocycles. The molecule has 0 aromatic heterocycles. The number of hydrogen-bond donors (Lipinski definition) is 1. The third-order valence-electron chi connectivity index (χ3n) is 7.67. The van der Waals surface area contributed by atoms with Gasteiger partial charge in [0.15, 0.2) is 5.96 Å². The predicted molar refractivity (Wildman–Crippen MR) is 107 cm³/mol. The second-order valence-corrected chi connectivity index (χ2v) is 8.71. The monoisotopic (exact) mass is 362 g/mol. The van der Waals surface area contributed by atoms with E-state index in [4.69, 9.17) is 9.73 Å². The van der Waals surface area contributed by atoms with Crippen molar-refractivity contribution in [1.82, 2.24) is 15.1 Å². The summed E-state index contributed by atoms with van der Waals surface area (Å²) in [6.07, 6.45) is 8.44. The average Bonchev–Trinajstić information content (AvgIpc) is 3.38. The van der Waals surface area contributed by atoms with Gasteiger partial charge in [-0.15, -0.1) is 0 Å². The predicted octanol–water partition coefficient (Wildman–Crippen LogP) is 2.72. The van der Waals surface area contributed by atoms with Gasteiger partial charge in [0.25, 0.3) is 0 Å². The molecule has 1 spiro atoms. The van der Waals surface area contributed by atoms with E-state index in [0.717, 1.165) is 39.3 Å². The molecule has 5 nitrogen and oxygen atoms in total. The smallest absolute Gasteiger partial charge is 0.194 e. The highest BCUT2D eigenvalue weighted by atomic mass is 16.5. The first-order valence-corrected chi connectivity index (χ1v) is 11.1.